The van der Waals surface area contributed by atoms with Crippen LogP contribution in [-0.4, -0.2) is 64.0 Å². The van der Waals surface area contributed by atoms with Crippen LogP contribution in [0.2, 0.25) is 12.1 Å². The highest BCUT2D eigenvalue weighted by Gasteiger charge is 2.24. The van der Waals surface area contributed by atoms with E-state index in [0.29, 0.717) is 24.9 Å². The van der Waals surface area contributed by atoms with Crippen LogP contribution < -0.4 is 0 Å². The Balaban J connectivity index is 3.41. The Morgan fingerprint density at radius 2 is 0.889 bits per heavy atom. The van der Waals surface area contributed by atoms with E-state index in [-0.39, 0.29) is 39.6 Å². The topological polar surface area (TPSA) is 80.3 Å². The second-order valence-corrected chi connectivity index (χ2v) is 23.5. The summed E-state index contributed by atoms with van der Waals surface area (Å²) < 4.78 is 24.2. The number of rotatable bonds is 14. The third kappa shape index (κ3) is 22.8. The fraction of sp³-hybridized carbons (Fsp3) is 0.833. The Labute approximate surface area is 187 Å². The van der Waals surface area contributed by atoms with Gasteiger partial charge in [0.05, 0.1) is 26.4 Å². The molecule has 0 aromatic heterocycles. The van der Waals surface area contributed by atoms with Crippen molar-refractivity contribution in [3.8, 4) is 0 Å². The van der Waals surface area contributed by atoms with Crippen molar-refractivity contribution < 1.29 is 33.3 Å². The van der Waals surface area contributed by atoms with Crippen LogP contribution in [0.4, 0.5) is 9.59 Å². The van der Waals surface area contributed by atoms with Gasteiger partial charge in [0, 0.05) is 0 Å². The predicted molar refractivity (Wildman–Crippen MR) is 111 cm³/mol. The molecule has 0 atom stereocenters. The lowest BCUT2D eigenvalue weighted by Gasteiger charge is -2.09. The highest BCUT2D eigenvalue weighted by atomic mass is 35.8. The SMILES string of the molecule is O=C(OCCC[Si](Cl)(Cl)Cl)OCCOCCOC(=O)OCCC[Si](Cl)(Cl)Cl. The summed E-state index contributed by atoms with van der Waals surface area (Å²) in [5.41, 5.74) is 0. The molecule has 27 heavy (non-hydrogen) atoms. The number of halogens is 6. The number of hydrogen-bond donors (Lipinski definition) is 0. The molecule has 0 aliphatic heterocycles. The van der Waals surface area contributed by atoms with Gasteiger partial charge in [-0.2, -0.15) is 0 Å². The quantitative estimate of drug-likeness (QED) is 0.125. The van der Waals surface area contributed by atoms with Gasteiger partial charge in [-0.1, -0.05) is 0 Å². The molecule has 0 aromatic carbocycles. The molecular formula is C12H20Cl6O7Si2. The summed E-state index contributed by atoms with van der Waals surface area (Å²) in [5, 5.41) is 0. The van der Waals surface area contributed by atoms with Gasteiger partial charge < -0.3 is 23.7 Å². The van der Waals surface area contributed by atoms with E-state index in [1.54, 1.807) is 0 Å². The fourth-order valence-electron chi connectivity index (χ4n) is 1.41. The van der Waals surface area contributed by atoms with Crippen molar-refractivity contribution in [2.24, 2.45) is 0 Å². The van der Waals surface area contributed by atoms with Crippen LogP contribution in [-0.2, 0) is 23.7 Å². The summed E-state index contributed by atoms with van der Waals surface area (Å²) in [6, 6.07) is -4.60. The Morgan fingerprint density at radius 3 is 1.22 bits per heavy atom. The second kappa shape index (κ2) is 15.5. The highest BCUT2D eigenvalue weighted by Crippen LogP contribution is 2.26. The molecule has 0 heterocycles. The van der Waals surface area contributed by atoms with Crippen molar-refractivity contribution in [2.45, 2.75) is 24.9 Å². The van der Waals surface area contributed by atoms with Crippen LogP contribution >= 0.6 is 66.5 Å². The highest BCUT2D eigenvalue weighted by molar-refractivity contribution is 7.65. The van der Waals surface area contributed by atoms with Gasteiger partial charge in [0.25, 0.3) is 0 Å². The van der Waals surface area contributed by atoms with Gasteiger partial charge in [0.2, 0.25) is 0 Å². The van der Waals surface area contributed by atoms with E-state index < -0.39 is 24.3 Å². The minimum atomic E-state index is -2.69. The molecule has 0 saturated carbocycles. The first-order valence-electron chi connectivity index (χ1n) is 7.80. The predicted octanol–water partition coefficient (Wildman–Crippen LogP) is 5.40. The van der Waals surface area contributed by atoms with E-state index in [9.17, 15) is 9.59 Å². The maximum Gasteiger partial charge on any atom is 0.508 e. The Kier molecular flexibility index (Phi) is 15.9. The number of carbonyl (C=O) groups is 2. The second-order valence-electron chi connectivity index (χ2n) is 4.94. The molecule has 0 unspecified atom stereocenters. The van der Waals surface area contributed by atoms with Crippen molar-refractivity contribution in [1.29, 1.82) is 0 Å². The zero-order valence-electron chi connectivity index (χ0n) is 14.2. The zero-order valence-corrected chi connectivity index (χ0v) is 20.7. The van der Waals surface area contributed by atoms with Crippen molar-refractivity contribution in [2.75, 3.05) is 39.6 Å². The van der Waals surface area contributed by atoms with E-state index in [2.05, 4.69) is 0 Å². The summed E-state index contributed by atoms with van der Waals surface area (Å²) in [7, 11) is 0. The first-order chi connectivity index (χ1) is 12.5. The first-order valence-corrected chi connectivity index (χ1v) is 18.3. The zero-order chi connectivity index (χ0) is 20.8. The average molecular weight is 545 g/mol. The number of hydrogen-bond acceptors (Lipinski definition) is 7. The molecule has 0 radical (unpaired) electrons. The molecule has 0 aromatic rings. The van der Waals surface area contributed by atoms with Gasteiger partial charge in [-0.3, -0.25) is 0 Å². The largest absolute Gasteiger partial charge is 0.508 e. The summed E-state index contributed by atoms with van der Waals surface area (Å²) in [6.45, 7) is 0.429. The first kappa shape index (κ1) is 27.7. The Hall–Kier alpha value is 0.674. The molecule has 0 rings (SSSR count). The molecule has 0 spiro atoms. The van der Waals surface area contributed by atoms with E-state index in [1.165, 1.54) is 0 Å². The maximum atomic E-state index is 11.2. The van der Waals surface area contributed by atoms with Crippen molar-refractivity contribution in [3.05, 3.63) is 0 Å². The minimum Gasteiger partial charge on any atom is -0.434 e. The third-order valence-corrected chi connectivity index (χ3v) is 7.79. The smallest absolute Gasteiger partial charge is 0.434 e. The summed E-state index contributed by atoms with van der Waals surface area (Å²) in [6.07, 6.45) is -0.757. The minimum absolute atomic E-state index is 0.0105. The number of carbonyl (C=O) groups excluding carboxylic acids is 2. The van der Waals surface area contributed by atoms with Crippen LogP contribution in [0.25, 0.3) is 0 Å². The normalized spacial score (nSPS) is 11.8. The van der Waals surface area contributed by atoms with Gasteiger partial charge in [0.15, 0.2) is 0 Å². The lowest BCUT2D eigenvalue weighted by molar-refractivity contribution is 0.00626. The lowest BCUT2D eigenvalue weighted by Crippen LogP contribution is -2.17. The molecule has 0 fully saturated rings. The van der Waals surface area contributed by atoms with Crippen LogP contribution in [0.15, 0.2) is 0 Å². The molecule has 0 N–H and O–H groups in total. The average Bonchev–Trinajstić information content (AvgIpc) is 2.53. The molecule has 0 aliphatic carbocycles. The van der Waals surface area contributed by atoms with Gasteiger partial charge in [-0.25, -0.2) is 9.59 Å². The fourth-order valence-corrected chi connectivity index (χ4v) is 4.91. The molecular weight excluding hydrogens is 525 g/mol. The van der Waals surface area contributed by atoms with E-state index in [1.807, 2.05) is 0 Å². The Bertz CT molecular complexity index is 395. The van der Waals surface area contributed by atoms with Crippen molar-refractivity contribution >= 4 is 90.8 Å². The lowest BCUT2D eigenvalue weighted by atomic mass is 10.5. The molecule has 0 amide bonds. The van der Waals surface area contributed by atoms with Gasteiger partial charge >= 0.3 is 24.3 Å². The van der Waals surface area contributed by atoms with Crippen LogP contribution in [0, 0.1) is 0 Å². The van der Waals surface area contributed by atoms with Crippen LogP contribution in [0.5, 0.6) is 0 Å². The van der Waals surface area contributed by atoms with E-state index in [0.717, 1.165) is 0 Å². The van der Waals surface area contributed by atoms with Crippen LogP contribution in [0.1, 0.15) is 12.8 Å². The monoisotopic (exact) mass is 542 g/mol. The van der Waals surface area contributed by atoms with Gasteiger partial charge in [-0.15, -0.1) is 66.5 Å². The molecule has 0 saturated heterocycles. The standard InChI is InChI=1S/C12H20Cl6O7Si2/c13-26(14,15)9-1-3-22-11(19)24-7-5-21-6-8-25-12(20)23-4-2-10-27(16,17)18/h1-10H2. The van der Waals surface area contributed by atoms with Crippen LogP contribution in [0.3, 0.4) is 0 Å². The molecule has 160 valence electrons. The summed E-state index contributed by atoms with van der Waals surface area (Å²) >= 11 is 34.1. The third-order valence-electron chi connectivity index (χ3n) is 2.54. The number of ether oxygens (including phenoxy) is 5. The van der Waals surface area contributed by atoms with E-state index in [4.69, 9.17) is 90.2 Å². The molecule has 0 aliphatic rings. The molecule has 15 heteroatoms. The van der Waals surface area contributed by atoms with E-state index >= 15 is 0 Å². The summed E-state index contributed by atoms with van der Waals surface area (Å²) in [4.78, 5) is 22.5. The molecule has 7 nitrogen and oxygen atoms in total. The van der Waals surface area contributed by atoms with Crippen molar-refractivity contribution in [3.63, 3.8) is 0 Å². The van der Waals surface area contributed by atoms with Gasteiger partial charge in [-0.05, 0) is 24.9 Å². The summed E-state index contributed by atoms with van der Waals surface area (Å²) in [5.74, 6) is 0. The van der Waals surface area contributed by atoms with Gasteiger partial charge in [0.1, 0.15) is 13.2 Å². The van der Waals surface area contributed by atoms with Crippen molar-refractivity contribution in [1.82, 2.24) is 0 Å². The molecule has 0 bridgehead atoms. The maximum absolute atomic E-state index is 11.2. The Morgan fingerprint density at radius 1 is 0.556 bits per heavy atom.